The van der Waals surface area contributed by atoms with Crippen LogP contribution in [0.1, 0.15) is 40.0 Å². The molecule has 2 saturated heterocycles. The molecule has 0 atom stereocenters. The molecule has 0 saturated carbocycles. The Balaban J connectivity index is 1.96. The van der Waals surface area contributed by atoms with Gasteiger partial charge in [-0.25, -0.2) is 4.79 Å². The fourth-order valence-electron chi connectivity index (χ4n) is 3.16. The van der Waals surface area contributed by atoms with E-state index in [4.69, 9.17) is 0 Å². The van der Waals surface area contributed by atoms with E-state index in [0.29, 0.717) is 6.04 Å². The number of rotatable bonds is 2. The molecular weight excluding hydrogens is 226 g/mol. The van der Waals surface area contributed by atoms with Crippen molar-refractivity contribution in [3.63, 3.8) is 0 Å². The molecule has 0 bridgehead atoms. The zero-order valence-corrected chi connectivity index (χ0v) is 12.3. The Bertz CT molecular complexity index is 308. The van der Waals surface area contributed by atoms with Crippen molar-refractivity contribution >= 4 is 6.03 Å². The van der Waals surface area contributed by atoms with Crippen molar-refractivity contribution in [1.29, 1.82) is 0 Å². The highest BCUT2D eigenvalue weighted by molar-refractivity contribution is 5.76. The van der Waals surface area contributed by atoms with E-state index >= 15 is 0 Å². The first kappa shape index (κ1) is 13.7. The smallest absolute Gasteiger partial charge is 0.320 e. The third-order valence-corrected chi connectivity index (χ3v) is 4.86. The second-order valence-electron chi connectivity index (χ2n) is 6.05. The summed E-state index contributed by atoms with van der Waals surface area (Å²) in [5.74, 6) is 0. The maximum atomic E-state index is 12.3. The van der Waals surface area contributed by atoms with Gasteiger partial charge in [-0.05, 0) is 40.0 Å². The van der Waals surface area contributed by atoms with E-state index in [2.05, 4.69) is 23.6 Å². The molecular formula is C14H27N3O. The summed E-state index contributed by atoms with van der Waals surface area (Å²) in [5.41, 5.74) is 0.186. The van der Waals surface area contributed by atoms with Crippen molar-refractivity contribution in [2.75, 3.05) is 33.2 Å². The lowest BCUT2D eigenvalue weighted by Crippen LogP contribution is -2.67. The predicted octanol–water partition coefficient (Wildman–Crippen LogP) is 2.01. The van der Waals surface area contributed by atoms with Crippen LogP contribution in [-0.4, -0.2) is 65.5 Å². The molecule has 2 heterocycles. The largest absolute Gasteiger partial charge is 0.328 e. The molecule has 0 unspecified atom stereocenters. The van der Waals surface area contributed by atoms with Crippen LogP contribution in [0.3, 0.4) is 0 Å². The average Bonchev–Trinajstić information content (AvgIpc) is 2.36. The third-order valence-electron chi connectivity index (χ3n) is 4.86. The molecule has 4 heteroatoms. The Labute approximate surface area is 111 Å². The average molecular weight is 253 g/mol. The third kappa shape index (κ3) is 2.22. The van der Waals surface area contributed by atoms with E-state index in [1.165, 1.54) is 6.42 Å². The quantitative estimate of drug-likeness (QED) is 0.752. The fraction of sp³-hybridized carbons (Fsp3) is 0.929. The zero-order chi connectivity index (χ0) is 13.3. The van der Waals surface area contributed by atoms with Gasteiger partial charge in [-0.2, -0.15) is 0 Å². The van der Waals surface area contributed by atoms with E-state index < -0.39 is 0 Å². The van der Waals surface area contributed by atoms with Gasteiger partial charge in [0.15, 0.2) is 0 Å². The Morgan fingerprint density at radius 3 is 2.17 bits per heavy atom. The Hall–Kier alpha value is -0.770. The monoisotopic (exact) mass is 253 g/mol. The van der Waals surface area contributed by atoms with Gasteiger partial charge >= 0.3 is 6.03 Å². The highest BCUT2D eigenvalue weighted by Crippen LogP contribution is 2.40. The van der Waals surface area contributed by atoms with E-state index in [1.54, 1.807) is 0 Å². The molecule has 0 aliphatic carbocycles. The molecule has 2 fully saturated rings. The van der Waals surface area contributed by atoms with Gasteiger partial charge in [-0.3, -0.25) is 0 Å². The summed E-state index contributed by atoms with van der Waals surface area (Å²) < 4.78 is 0. The van der Waals surface area contributed by atoms with E-state index in [1.807, 2.05) is 18.9 Å². The summed E-state index contributed by atoms with van der Waals surface area (Å²) in [4.78, 5) is 18.8. The number of urea groups is 1. The van der Waals surface area contributed by atoms with Gasteiger partial charge in [-0.15, -0.1) is 0 Å². The minimum absolute atomic E-state index is 0.186. The molecule has 2 rings (SSSR count). The SMILES string of the molecule is CCN(C)C(=O)N1CCC12CCN(C(C)C)CC2. The van der Waals surface area contributed by atoms with Crippen molar-refractivity contribution in [3.05, 3.63) is 0 Å². The van der Waals surface area contributed by atoms with Crippen molar-refractivity contribution in [3.8, 4) is 0 Å². The first-order chi connectivity index (χ1) is 8.50. The van der Waals surface area contributed by atoms with Crippen LogP contribution in [0.15, 0.2) is 0 Å². The fourth-order valence-corrected chi connectivity index (χ4v) is 3.16. The molecule has 2 aliphatic heterocycles. The Morgan fingerprint density at radius 1 is 1.22 bits per heavy atom. The molecule has 104 valence electrons. The molecule has 1 spiro atoms. The van der Waals surface area contributed by atoms with Crippen molar-refractivity contribution in [2.45, 2.75) is 51.6 Å². The second kappa shape index (κ2) is 5.08. The highest BCUT2D eigenvalue weighted by Gasteiger charge is 2.49. The van der Waals surface area contributed by atoms with Crippen molar-refractivity contribution in [2.24, 2.45) is 0 Å². The number of carbonyl (C=O) groups excluding carboxylic acids is 1. The van der Waals surface area contributed by atoms with Crippen LogP contribution < -0.4 is 0 Å². The molecule has 4 nitrogen and oxygen atoms in total. The van der Waals surface area contributed by atoms with Crippen LogP contribution in [0.2, 0.25) is 0 Å². The van der Waals surface area contributed by atoms with Crippen LogP contribution >= 0.6 is 0 Å². The first-order valence-electron chi connectivity index (χ1n) is 7.27. The molecule has 18 heavy (non-hydrogen) atoms. The molecule has 0 aromatic heterocycles. The molecule has 0 N–H and O–H groups in total. The van der Waals surface area contributed by atoms with Gasteiger partial charge < -0.3 is 14.7 Å². The minimum Gasteiger partial charge on any atom is -0.328 e. The second-order valence-corrected chi connectivity index (χ2v) is 6.05. The van der Waals surface area contributed by atoms with Crippen molar-refractivity contribution in [1.82, 2.24) is 14.7 Å². The Kier molecular flexibility index (Phi) is 3.85. The number of hydrogen-bond donors (Lipinski definition) is 0. The predicted molar refractivity (Wildman–Crippen MR) is 73.7 cm³/mol. The maximum absolute atomic E-state index is 12.3. The van der Waals surface area contributed by atoms with Gasteiger partial charge in [0, 0.05) is 44.8 Å². The molecule has 0 radical (unpaired) electrons. The van der Waals surface area contributed by atoms with Crippen LogP contribution in [0.5, 0.6) is 0 Å². The van der Waals surface area contributed by atoms with Crippen molar-refractivity contribution < 1.29 is 4.79 Å². The highest BCUT2D eigenvalue weighted by atomic mass is 16.2. The number of nitrogens with zero attached hydrogens (tertiary/aromatic N) is 3. The molecule has 0 aromatic carbocycles. The number of carbonyl (C=O) groups is 1. The summed E-state index contributed by atoms with van der Waals surface area (Å²) in [5, 5.41) is 0. The zero-order valence-electron chi connectivity index (χ0n) is 12.3. The lowest BCUT2D eigenvalue weighted by atomic mass is 9.76. The van der Waals surface area contributed by atoms with Gasteiger partial charge in [0.1, 0.15) is 0 Å². The first-order valence-corrected chi connectivity index (χ1v) is 7.27. The summed E-state index contributed by atoms with van der Waals surface area (Å²) in [6.07, 6.45) is 3.49. The number of likely N-dealkylation sites (tertiary alicyclic amines) is 2. The van der Waals surface area contributed by atoms with Crippen LogP contribution in [0, 0.1) is 0 Å². The van der Waals surface area contributed by atoms with Gasteiger partial charge in [0.2, 0.25) is 0 Å². The van der Waals surface area contributed by atoms with E-state index in [9.17, 15) is 4.79 Å². The lowest BCUT2D eigenvalue weighted by Gasteiger charge is -2.57. The molecule has 0 aromatic rings. The summed E-state index contributed by atoms with van der Waals surface area (Å²) >= 11 is 0. The minimum atomic E-state index is 0.186. The summed E-state index contributed by atoms with van der Waals surface area (Å²) in [6.45, 7) is 10.6. The topological polar surface area (TPSA) is 26.8 Å². The van der Waals surface area contributed by atoms with Crippen LogP contribution in [0.25, 0.3) is 0 Å². The van der Waals surface area contributed by atoms with E-state index in [-0.39, 0.29) is 11.6 Å². The van der Waals surface area contributed by atoms with Gasteiger partial charge in [0.25, 0.3) is 0 Å². The molecule has 2 aliphatic rings. The van der Waals surface area contributed by atoms with Gasteiger partial charge in [-0.1, -0.05) is 0 Å². The maximum Gasteiger partial charge on any atom is 0.320 e. The van der Waals surface area contributed by atoms with Crippen LogP contribution in [-0.2, 0) is 0 Å². The van der Waals surface area contributed by atoms with Crippen LogP contribution in [0.4, 0.5) is 4.79 Å². The van der Waals surface area contributed by atoms with Gasteiger partial charge in [0.05, 0.1) is 0 Å². The lowest BCUT2D eigenvalue weighted by molar-refractivity contribution is -0.0389. The Morgan fingerprint density at radius 2 is 1.78 bits per heavy atom. The number of amides is 2. The number of hydrogen-bond acceptors (Lipinski definition) is 2. The standard InChI is InChI=1S/C14H27N3O/c1-5-15(4)13(18)17-11-8-14(17)6-9-16(10-7-14)12(2)3/h12H,5-11H2,1-4H3. The van der Waals surface area contributed by atoms with E-state index in [0.717, 1.165) is 39.0 Å². The summed E-state index contributed by atoms with van der Waals surface area (Å²) in [7, 11) is 1.90. The summed E-state index contributed by atoms with van der Waals surface area (Å²) in [6, 6.07) is 0.853. The normalized spacial score (nSPS) is 23.3. The molecule has 2 amide bonds. The number of piperidine rings is 1.